The van der Waals surface area contributed by atoms with Crippen LogP contribution in [-0.4, -0.2) is 11.3 Å². The molecular weight excluding hydrogens is 273 g/mol. The largest absolute Gasteiger partial charge is 0.505 e. The van der Waals surface area contributed by atoms with Gasteiger partial charge in [-0.1, -0.05) is 11.6 Å². The second kappa shape index (κ2) is 5.07. The summed E-state index contributed by atoms with van der Waals surface area (Å²) in [6.07, 6.45) is -4.77. The summed E-state index contributed by atoms with van der Waals surface area (Å²) in [5.41, 5.74) is 4.02. The van der Waals surface area contributed by atoms with E-state index in [4.69, 9.17) is 22.4 Å². The van der Waals surface area contributed by atoms with Gasteiger partial charge in [-0.15, -0.1) is 12.4 Å². The number of aromatic hydroxyl groups is 1. The normalized spacial score (nSPS) is 13.1. The molecule has 0 fully saturated rings. The van der Waals surface area contributed by atoms with Gasteiger partial charge < -0.3 is 10.8 Å². The van der Waals surface area contributed by atoms with E-state index in [0.29, 0.717) is 6.07 Å². The lowest BCUT2D eigenvalue weighted by Gasteiger charge is -2.17. The van der Waals surface area contributed by atoms with Crippen LogP contribution in [0.5, 0.6) is 5.75 Å². The molecule has 0 aromatic heterocycles. The smallest absolute Gasteiger partial charge is 0.407 e. The molecular formula is C8H7Cl2F4NO. The fourth-order valence-electron chi connectivity index (χ4n) is 0.999. The van der Waals surface area contributed by atoms with E-state index in [1.807, 2.05) is 0 Å². The molecule has 0 radical (unpaired) electrons. The fraction of sp³-hybridized carbons (Fsp3) is 0.250. The Balaban J connectivity index is 0.00000225. The Morgan fingerprint density at radius 3 is 2.25 bits per heavy atom. The van der Waals surface area contributed by atoms with Gasteiger partial charge in [-0.2, -0.15) is 13.2 Å². The first-order valence-corrected chi connectivity index (χ1v) is 4.11. The van der Waals surface area contributed by atoms with Crippen molar-refractivity contribution in [2.45, 2.75) is 12.2 Å². The van der Waals surface area contributed by atoms with Gasteiger partial charge >= 0.3 is 6.18 Å². The van der Waals surface area contributed by atoms with E-state index in [-0.39, 0.29) is 17.4 Å². The van der Waals surface area contributed by atoms with Crippen LogP contribution in [0.15, 0.2) is 12.1 Å². The van der Waals surface area contributed by atoms with E-state index in [1.54, 1.807) is 0 Å². The Kier molecular flexibility index (Phi) is 4.85. The van der Waals surface area contributed by atoms with Crippen molar-refractivity contribution in [1.29, 1.82) is 0 Å². The summed E-state index contributed by atoms with van der Waals surface area (Å²) in [6, 6.07) is -0.993. The van der Waals surface area contributed by atoms with Crippen molar-refractivity contribution < 1.29 is 22.7 Å². The van der Waals surface area contributed by atoms with Gasteiger partial charge in [-0.25, -0.2) is 4.39 Å². The molecule has 0 aliphatic rings. The summed E-state index contributed by atoms with van der Waals surface area (Å²) in [7, 11) is 0. The van der Waals surface area contributed by atoms with Crippen LogP contribution in [0.3, 0.4) is 0 Å². The quantitative estimate of drug-likeness (QED) is 0.776. The first-order chi connectivity index (χ1) is 6.73. The molecule has 16 heavy (non-hydrogen) atoms. The third-order valence-electron chi connectivity index (χ3n) is 1.75. The molecule has 0 heterocycles. The molecule has 0 aliphatic carbocycles. The molecule has 3 N–H and O–H groups in total. The SMILES string of the molecule is Cl.N[C@@H](c1cc(Cl)cc(F)c1O)C(F)(F)F. The first kappa shape index (κ1) is 15.3. The van der Waals surface area contributed by atoms with E-state index in [2.05, 4.69) is 0 Å². The second-order valence-electron chi connectivity index (χ2n) is 2.84. The maximum atomic E-state index is 12.8. The van der Waals surface area contributed by atoms with E-state index in [9.17, 15) is 17.6 Å². The number of phenolic OH excluding ortho intramolecular Hbond substituents is 1. The van der Waals surface area contributed by atoms with Gasteiger partial charge in [0.15, 0.2) is 11.6 Å². The molecule has 0 spiro atoms. The lowest BCUT2D eigenvalue weighted by molar-refractivity contribution is -0.149. The number of halogens is 6. The molecule has 0 unspecified atom stereocenters. The molecule has 0 bridgehead atoms. The van der Waals surface area contributed by atoms with Gasteiger partial charge in [0.2, 0.25) is 0 Å². The Morgan fingerprint density at radius 2 is 1.81 bits per heavy atom. The molecule has 1 rings (SSSR count). The molecule has 8 heteroatoms. The lowest BCUT2D eigenvalue weighted by Crippen LogP contribution is -2.28. The predicted octanol–water partition coefficient (Wildman–Crippen LogP) is 3.17. The number of hydrogen-bond acceptors (Lipinski definition) is 2. The molecule has 0 saturated carbocycles. The van der Waals surface area contributed by atoms with Gasteiger partial charge in [0, 0.05) is 10.6 Å². The second-order valence-corrected chi connectivity index (χ2v) is 3.28. The number of phenols is 1. The zero-order chi connectivity index (χ0) is 11.8. The van der Waals surface area contributed by atoms with Crippen LogP contribution >= 0.6 is 24.0 Å². The number of benzene rings is 1. The van der Waals surface area contributed by atoms with Crippen molar-refractivity contribution in [1.82, 2.24) is 0 Å². The number of hydrogen-bond donors (Lipinski definition) is 2. The topological polar surface area (TPSA) is 46.2 Å². The van der Waals surface area contributed by atoms with Crippen molar-refractivity contribution in [2.24, 2.45) is 5.73 Å². The molecule has 0 amide bonds. The summed E-state index contributed by atoms with van der Waals surface area (Å²) in [5, 5.41) is 8.78. The van der Waals surface area contributed by atoms with E-state index < -0.39 is 29.3 Å². The summed E-state index contributed by atoms with van der Waals surface area (Å²) < 4.78 is 49.4. The molecule has 2 nitrogen and oxygen atoms in total. The highest BCUT2D eigenvalue weighted by Gasteiger charge is 2.39. The summed E-state index contributed by atoms with van der Waals surface area (Å²) in [5.74, 6) is -2.37. The maximum Gasteiger partial charge on any atom is 0.407 e. The van der Waals surface area contributed by atoms with Gasteiger partial charge in [0.1, 0.15) is 6.04 Å². The minimum atomic E-state index is -4.77. The lowest BCUT2D eigenvalue weighted by atomic mass is 10.1. The zero-order valence-electron chi connectivity index (χ0n) is 7.55. The third kappa shape index (κ3) is 3.13. The molecule has 92 valence electrons. The molecule has 1 atom stereocenters. The van der Waals surface area contributed by atoms with Gasteiger partial charge in [0.05, 0.1) is 0 Å². The van der Waals surface area contributed by atoms with Crippen LogP contribution in [0.25, 0.3) is 0 Å². The van der Waals surface area contributed by atoms with Crippen molar-refractivity contribution in [3.8, 4) is 5.75 Å². The van der Waals surface area contributed by atoms with Crippen LogP contribution in [0.1, 0.15) is 11.6 Å². The highest BCUT2D eigenvalue weighted by molar-refractivity contribution is 6.30. The first-order valence-electron chi connectivity index (χ1n) is 3.73. The maximum absolute atomic E-state index is 12.8. The predicted molar refractivity (Wildman–Crippen MR) is 53.3 cm³/mol. The van der Waals surface area contributed by atoms with Crippen molar-refractivity contribution >= 4 is 24.0 Å². The molecule has 1 aromatic carbocycles. The van der Waals surface area contributed by atoms with Crippen LogP contribution in [0.4, 0.5) is 17.6 Å². The average molecular weight is 280 g/mol. The van der Waals surface area contributed by atoms with Gasteiger partial charge in [-0.3, -0.25) is 0 Å². The fourth-order valence-corrected chi connectivity index (χ4v) is 1.21. The van der Waals surface area contributed by atoms with Crippen molar-refractivity contribution in [3.05, 3.63) is 28.5 Å². The van der Waals surface area contributed by atoms with Gasteiger partial charge in [-0.05, 0) is 12.1 Å². The minimum Gasteiger partial charge on any atom is -0.505 e. The Hall–Kier alpha value is -0.720. The van der Waals surface area contributed by atoms with E-state index in [1.165, 1.54) is 0 Å². The summed E-state index contributed by atoms with van der Waals surface area (Å²) in [6.45, 7) is 0. The molecule has 0 saturated heterocycles. The van der Waals surface area contributed by atoms with E-state index >= 15 is 0 Å². The molecule has 0 aliphatic heterocycles. The highest BCUT2D eigenvalue weighted by Crippen LogP contribution is 2.37. The summed E-state index contributed by atoms with van der Waals surface area (Å²) >= 11 is 5.34. The van der Waals surface area contributed by atoms with E-state index in [0.717, 1.165) is 6.07 Å². The third-order valence-corrected chi connectivity index (χ3v) is 1.96. The number of rotatable bonds is 1. The van der Waals surface area contributed by atoms with Gasteiger partial charge in [0.25, 0.3) is 0 Å². The minimum absolute atomic E-state index is 0. The van der Waals surface area contributed by atoms with Crippen LogP contribution in [-0.2, 0) is 0 Å². The van der Waals surface area contributed by atoms with Crippen molar-refractivity contribution in [2.75, 3.05) is 0 Å². The van der Waals surface area contributed by atoms with Crippen LogP contribution < -0.4 is 5.73 Å². The number of alkyl halides is 3. The molecule has 1 aromatic rings. The monoisotopic (exact) mass is 279 g/mol. The standard InChI is InChI=1S/C8H6ClF4NO.ClH/c9-3-1-4(6(15)5(10)2-3)7(14)8(11,12)13;/h1-2,7,15H,14H2;1H/t7-;/m0./s1. The average Bonchev–Trinajstić information content (AvgIpc) is 2.08. The Bertz CT molecular complexity index is 383. The van der Waals surface area contributed by atoms with Crippen LogP contribution in [0, 0.1) is 5.82 Å². The summed E-state index contributed by atoms with van der Waals surface area (Å²) in [4.78, 5) is 0. The number of nitrogens with two attached hydrogens (primary N) is 1. The zero-order valence-corrected chi connectivity index (χ0v) is 9.13. The Labute approximate surface area is 99.4 Å². The highest BCUT2D eigenvalue weighted by atomic mass is 35.5. The van der Waals surface area contributed by atoms with Crippen LogP contribution in [0.2, 0.25) is 5.02 Å². The van der Waals surface area contributed by atoms with Crippen molar-refractivity contribution in [3.63, 3.8) is 0 Å². The Morgan fingerprint density at radius 1 is 1.31 bits per heavy atom.